The van der Waals surface area contributed by atoms with Gasteiger partial charge in [-0.25, -0.2) is 8.78 Å². The molecular formula is C19H19F8NO3S. The summed E-state index contributed by atoms with van der Waals surface area (Å²) in [6, 6.07) is 4.87. The second kappa shape index (κ2) is 8.81. The Hall–Kier alpha value is -1.89. The number of anilines is 1. The van der Waals surface area contributed by atoms with Gasteiger partial charge in [-0.15, -0.1) is 11.8 Å². The summed E-state index contributed by atoms with van der Waals surface area (Å²) >= 11 is -0.229. The maximum Gasteiger partial charge on any atom is 0.381 e. The summed E-state index contributed by atoms with van der Waals surface area (Å²) in [7, 11) is 0.755. The summed E-state index contributed by atoms with van der Waals surface area (Å²) in [6.07, 6.45) is -8.31. The Morgan fingerprint density at radius 1 is 1.16 bits per heavy atom. The van der Waals surface area contributed by atoms with Crippen molar-refractivity contribution in [2.24, 2.45) is 0 Å². The maximum atomic E-state index is 15.6. The number of nitrogens with zero attached hydrogens (tertiary/aromatic N) is 1. The minimum atomic E-state index is -6.63. The molecule has 0 spiro atoms. The molecule has 1 aromatic carbocycles. The summed E-state index contributed by atoms with van der Waals surface area (Å²) in [5, 5.41) is 0. The molecule has 0 aliphatic carbocycles. The van der Waals surface area contributed by atoms with Crippen molar-refractivity contribution < 1.29 is 49.4 Å². The highest BCUT2D eigenvalue weighted by Gasteiger charge is 2.84. The molecular weight excluding hydrogens is 474 g/mol. The quantitative estimate of drug-likeness (QED) is 0.506. The van der Waals surface area contributed by atoms with Gasteiger partial charge in [0.15, 0.2) is 4.87 Å². The molecule has 0 unspecified atom stereocenters. The molecule has 0 radical (unpaired) electrons. The van der Waals surface area contributed by atoms with Gasteiger partial charge in [0.2, 0.25) is 5.91 Å². The number of halogens is 8. The highest BCUT2D eigenvalue weighted by atomic mass is 32.2. The Balaban J connectivity index is 2.89. The fraction of sp³-hybridized carbons (Fsp3) is 0.579. The lowest BCUT2D eigenvalue weighted by Crippen LogP contribution is -2.76. The van der Waals surface area contributed by atoms with Crippen molar-refractivity contribution in [3.63, 3.8) is 0 Å². The number of aryl methyl sites for hydroxylation is 1. The molecule has 1 saturated heterocycles. The fourth-order valence-electron chi connectivity index (χ4n) is 3.44. The smallest absolute Gasteiger partial charge is 0.377 e. The largest absolute Gasteiger partial charge is 0.381 e. The lowest BCUT2D eigenvalue weighted by Gasteiger charge is -2.54. The molecule has 2 rings (SSSR count). The number of ketones is 1. The number of alkyl halides is 8. The predicted octanol–water partition coefficient (Wildman–Crippen LogP) is 4.94. The second-order valence-corrected chi connectivity index (χ2v) is 8.41. The van der Waals surface area contributed by atoms with Gasteiger partial charge >= 0.3 is 24.2 Å². The third kappa shape index (κ3) is 3.87. The maximum absolute atomic E-state index is 15.6. The molecule has 1 aliphatic rings. The summed E-state index contributed by atoms with van der Waals surface area (Å²) < 4.78 is 118. The van der Waals surface area contributed by atoms with Crippen molar-refractivity contribution in [2.45, 2.75) is 55.4 Å². The molecule has 13 heteroatoms. The summed E-state index contributed by atoms with van der Waals surface area (Å²) in [5.41, 5.74) is 0.185. The third-order valence-electron chi connectivity index (χ3n) is 5.06. The number of Topliss-reactive ketones (excluding diaryl/α,β-unsaturated/α-hetero) is 1. The number of methoxy groups -OCH3 is 1. The summed E-state index contributed by atoms with van der Waals surface area (Å²) in [6.45, 7) is 2.31. The Labute approximate surface area is 182 Å². The lowest BCUT2D eigenvalue weighted by atomic mass is 9.88. The van der Waals surface area contributed by atoms with E-state index < -0.39 is 64.7 Å². The van der Waals surface area contributed by atoms with Crippen LogP contribution in [-0.4, -0.2) is 59.7 Å². The first-order valence-corrected chi connectivity index (χ1v) is 10.0. The van der Waals surface area contributed by atoms with E-state index in [1.54, 1.807) is 6.92 Å². The number of hydrogen-bond acceptors (Lipinski definition) is 4. The van der Waals surface area contributed by atoms with Gasteiger partial charge < -0.3 is 4.74 Å². The molecule has 1 aromatic rings. The van der Waals surface area contributed by atoms with Crippen molar-refractivity contribution in [1.29, 1.82) is 0 Å². The number of benzene rings is 1. The Morgan fingerprint density at radius 3 is 2.12 bits per heavy atom. The zero-order valence-electron chi connectivity index (χ0n) is 17.0. The van der Waals surface area contributed by atoms with Gasteiger partial charge in [0.25, 0.3) is 0 Å². The first-order valence-electron chi connectivity index (χ1n) is 9.05. The number of hydrogen-bond donors (Lipinski definition) is 0. The van der Waals surface area contributed by atoms with Gasteiger partial charge in [-0.2, -0.15) is 26.3 Å². The molecule has 0 N–H and O–H groups in total. The molecule has 180 valence electrons. The van der Waals surface area contributed by atoms with Crippen LogP contribution in [0.4, 0.5) is 40.8 Å². The fourth-order valence-corrected chi connectivity index (χ4v) is 4.98. The molecule has 4 nitrogen and oxygen atoms in total. The van der Waals surface area contributed by atoms with Gasteiger partial charge in [0.1, 0.15) is 11.9 Å². The number of carbonyl (C=O) groups is 2. The molecule has 0 bridgehead atoms. The van der Waals surface area contributed by atoms with E-state index in [0.29, 0.717) is 12.5 Å². The van der Waals surface area contributed by atoms with E-state index in [4.69, 9.17) is 4.74 Å². The van der Waals surface area contributed by atoms with Crippen LogP contribution < -0.4 is 4.90 Å². The Kier molecular flexibility index (Phi) is 7.25. The highest BCUT2D eigenvalue weighted by molar-refractivity contribution is 8.01. The SMILES string of the molecule is CO[C@@H]1CC(=O)CS[C@]1(N(C(C)=O)c1ccc(C)cc1)C(F)(F)C(F)(F)C(F)(F)C(F)F. The number of carbonyl (C=O) groups excluding carboxylic acids is 2. The minimum Gasteiger partial charge on any atom is -0.377 e. The first-order chi connectivity index (χ1) is 14.6. The van der Waals surface area contributed by atoms with Gasteiger partial charge in [-0.1, -0.05) is 17.7 Å². The van der Waals surface area contributed by atoms with Crippen molar-refractivity contribution in [2.75, 3.05) is 17.8 Å². The molecule has 0 saturated carbocycles. The van der Waals surface area contributed by atoms with Crippen LogP contribution >= 0.6 is 11.8 Å². The van der Waals surface area contributed by atoms with E-state index in [1.165, 1.54) is 12.1 Å². The Bertz CT molecular complexity index is 865. The Morgan fingerprint density at radius 2 is 1.69 bits per heavy atom. The van der Waals surface area contributed by atoms with Gasteiger partial charge in [0.05, 0.1) is 5.75 Å². The molecule has 0 aromatic heterocycles. The summed E-state index contributed by atoms with van der Waals surface area (Å²) in [4.78, 5) is 20.8. The zero-order chi connectivity index (χ0) is 24.7. The van der Waals surface area contributed by atoms with Gasteiger partial charge in [-0.05, 0) is 19.1 Å². The third-order valence-corrected chi connectivity index (χ3v) is 6.67. The van der Waals surface area contributed by atoms with E-state index in [0.717, 1.165) is 19.2 Å². The van der Waals surface area contributed by atoms with Crippen LogP contribution in [0, 0.1) is 6.92 Å². The highest BCUT2D eigenvalue weighted by Crippen LogP contribution is 2.60. The first kappa shape index (κ1) is 26.4. The van der Waals surface area contributed by atoms with E-state index in [9.17, 15) is 35.9 Å². The van der Waals surface area contributed by atoms with Crippen molar-refractivity contribution in [3.05, 3.63) is 29.8 Å². The van der Waals surface area contributed by atoms with E-state index in [2.05, 4.69) is 0 Å². The monoisotopic (exact) mass is 493 g/mol. The molecule has 1 heterocycles. The molecule has 1 aliphatic heterocycles. The standard InChI is InChI=1S/C19H19F8NO3S/c1-10-4-6-12(7-5-10)28(11(2)29)17(14(31-3)8-13(30)9-32-17)19(26,27)18(24,25)16(22,23)15(20)21/h4-7,14-15H,8-9H2,1-3H3/t14-,17+/m1/s1. The molecule has 1 fully saturated rings. The average molecular weight is 493 g/mol. The zero-order valence-corrected chi connectivity index (χ0v) is 17.8. The van der Waals surface area contributed by atoms with Crippen molar-refractivity contribution >= 4 is 29.1 Å². The number of amides is 1. The molecule has 2 atom stereocenters. The number of thioether (sulfide) groups is 1. The van der Waals surface area contributed by atoms with Crippen LogP contribution in [0.2, 0.25) is 0 Å². The number of rotatable bonds is 7. The van der Waals surface area contributed by atoms with E-state index >= 15 is 8.78 Å². The predicted molar refractivity (Wildman–Crippen MR) is 101 cm³/mol. The van der Waals surface area contributed by atoms with E-state index in [1.807, 2.05) is 0 Å². The van der Waals surface area contributed by atoms with Crippen LogP contribution in [0.15, 0.2) is 24.3 Å². The summed E-state index contributed by atoms with van der Waals surface area (Å²) in [5.74, 6) is -22.0. The van der Waals surface area contributed by atoms with Crippen LogP contribution in [-0.2, 0) is 14.3 Å². The normalized spacial score (nSPS) is 22.9. The topological polar surface area (TPSA) is 46.6 Å². The van der Waals surface area contributed by atoms with Crippen molar-refractivity contribution in [1.82, 2.24) is 0 Å². The second-order valence-electron chi connectivity index (χ2n) is 7.21. The van der Waals surface area contributed by atoms with Crippen LogP contribution in [0.3, 0.4) is 0 Å². The number of ether oxygens (including phenoxy) is 1. The molecule has 32 heavy (non-hydrogen) atoms. The van der Waals surface area contributed by atoms with E-state index in [-0.39, 0.29) is 16.7 Å². The van der Waals surface area contributed by atoms with Crippen LogP contribution in [0.25, 0.3) is 0 Å². The molecule has 1 amide bonds. The van der Waals surface area contributed by atoms with Gasteiger partial charge in [0, 0.05) is 26.1 Å². The van der Waals surface area contributed by atoms with Crippen LogP contribution in [0.5, 0.6) is 0 Å². The van der Waals surface area contributed by atoms with Crippen molar-refractivity contribution in [3.8, 4) is 0 Å². The lowest BCUT2D eigenvalue weighted by molar-refractivity contribution is -0.350. The minimum absolute atomic E-state index is 0.118. The van der Waals surface area contributed by atoms with Crippen LogP contribution in [0.1, 0.15) is 18.9 Å². The van der Waals surface area contributed by atoms with Gasteiger partial charge in [-0.3, -0.25) is 14.5 Å². The average Bonchev–Trinajstić information content (AvgIpc) is 2.69.